The summed E-state index contributed by atoms with van der Waals surface area (Å²) in [6.45, 7) is 2.21. The average molecular weight is 221 g/mol. The number of fused-ring (bicyclic) bond motifs is 1. The quantitative estimate of drug-likeness (QED) is 0.760. The number of aromatic nitrogens is 1. The van der Waals surface area contributed by atoms with Gasteiger partial charge in [0.25, 0.3) is 0 Å². The lowest BCUT2D eigenvalue weighted by Gasteiger charge is -2.03. The Morgan fingerprint density at radius 3 is 3.00 bits per heavy atom. The molecule has 78 valence electrons. The predicted octanol–water partition coefficient (Wildman–Crippen LogP) is 2.90. The van der Waals surface area contributed by atoms with Gasteiger partial charge in [0.15, 0.2) is 0 Å². The van der Waals surface area contributed by atoms with Gasteiger partial charge in [0.2, 0.25) is 0 Å². The number of halogens is 1. The van der Waals surface area contributed by atoms with E-state index in [0.717, 1.165) is 18.1 Å². The van der Waals surface area contributed by atoms with Gasteiger partial charge in [0, 0.05) is 34.1 Å². The van der Waals surface area contributed by atoms with Crippen molar-refractivity contribution in [1.29, 1.82) is 0 Å². The fourth-order valence-electron chi connectivity index (χ4n) is 2.27. The Balaban J connectivity index is 2.05. The maximum atomic E-state index is 5.96. The number of H-pyrrole nitrogens is 1. The smallest absolute Gasteiger partial charge is 0.0457 e. The number of hydrogen-bond acceptors (Lipinski definition) is 1. The normalized spacial score (nSPS) is 21.3. The molecule has 0 amide bonds. The zero-order chi connectivity index (χ0) is 10.3. The lowest BCUT2D eigenvalue weighted by Crippen LogP contribution is -2.07. The van der Waals surface area contributed by atoms with Crippen LogP contribution in [0.5, 0.6) is 0 Å². The van der Waals surface area contributed by atoms with E-state index in [2.05, 4.69) is 16.4 Å². The third-order valence-corrected chi connectivity index (χ3v) is 3.34. The molecule has 0 spiro atoms. The molecule has 1 aromatic carbocycles. The second-order valence-electron chi connectivity index (χ2n) is 4.15. The van der Waals surface area contributed by atoms with Crippen LogP contribution in [0.25, 0.3) is 10.9 Å². The lowest BCUT2D eigenvalue weighted by molar-refractivity contribution is 0.743. The summed E-state index contributed by atoms with van der Waals surface area (Å²) in [6.07, 6.45) is 1.22. The molecule has 2 heterocycles. The maximum absolute atomic E-state index is 5.96. The lowest BCUT2D eigenvalue weighted by atomic mass is 10.1. The van der Waals surface area contributed by atoms with Gasteiger partial charge in [0.1, 0.15) is 0 Å². The van der Waals surface area contributed by atoms with E-state index in [9.17, 15) is 0 Å². The minimum Gasteiger partial charge on any atom is -0.358 e. The van der Waals surface area contributed by atoms with E-state index >= 15 is 0 Å². The number of hydrogen-bond donors (Lipinski definition) is 2. The molecule has 0 bridgehead atoms. The Labute approximate surface area is 93.6 Å². The van der Waals surface area contributed by atoms with Crippen molar-refractivity contribution in [3.05, 3.63) is 35.0 Å². The van der Waals surface area contributed by atoms with E-state index in [1.54, 1.807) is 0 Å². The molecule has 1 aliphatic heterocycles. The van der Waals surface area contributed by atoms with E-state index in [1.165, 1.54) is 23.0 Å². The second-order valence-corrected chi connectivity index (χ2v) is 4.58. The van der Waals surface area contributed by atoms with Crippen LogP contribution >= 0.6 is 11.6 Å². The van der Waals surface area contributed by atoms with Crippen LogP contribution < -0.4 is 5.32 Å². The highest BCUT2D eigenvalue weighted by Gasteiger charge is 2.18. The topological polar surface area (TPSA) is 27.8 Å². The van der Waals surface area contributed by atoms with Crippen LogP contribution in [-0.2, 0) is 0 Å². The van der Waals surface area contributed by atoms with Crippen LogP contribution in [0, 0.1) is 0 Å². The van der Waals surface area contributed by atoms with Gasteiger partial charge in [-0.05, 0) is 37.2 Å². The summed E-state index contributed by atoms with van der Waals surface area (Å²) >= 11 is 5.96. The third-order valence-electron chi connectivity index (χ3n) is 3.10. The van der Waals surface area contributed by atoms with Crippen molar-refractivity contribution in [2.45, 2.75) is 12.3 Å². The molecule has 2 aromatic rings. The van der Waals surface area contributed by atoms with E-state index in [1.807, 2.05) is 18.2 Å². The standard InChI is InChI=1S/C12H13ClN2/c13-10-1-2-11-9(5-10)6-12(15-11)8-3-4-14-7-8/h1-2,5-6,8,14-15H,3-4,7H2/t8-/m0/s1. The van der Waals surface area contributed by atoms with E-state index in [0.29, 0.717) is 5.92 Å². The van der Waals surface area contributed by atoms with E-state index in [4.69, 9.17) is 11.6 Å². The molecule has 0 unspecified atom stereocenters. The van der Waals surface area contributed by atoms with E-state index in [-0.39, 0.29) is 0 Å². The van der Waals surface area contributed by atoms with Crippen molar-refractivity contribution in [2.75, 3.05) is 13.1 Å². The third kappa shape index (κ3) is 1.64. The van der Waals surface area contributed by atoms with Crippen molar-refractivity contribution < 1.29 is 0 Å². The average Bonchev–Trinajstić information content (AvgIpc) is 2.84. The Morgan fingerprint density at radius 1 is 1.27 bits per heavy atom. The number of aromatic amines is 1. The summed E-state index contributed by atoms with van der Waals surface area (Å²) in [7, 11) is 0. The van der Waals surface area contributed by atoms with Crippen molar-refractivity contribution in [1.82, 2.24) is 10.3 Å². The zero-order valence-corrected chi connectivity index (χ0v) is 9.14. The zero-order valence-electron chi connectivity index (χ0n) is 8.39. The van der Waals surface area contributed by atoms with Crippen LogP contribution in [0.15, 0.2) is 24.3 Å². The van der Waals surface area contributed by atoms with Gasteiger partial charge in [-0.25, -0.2) is 0 Å². The van der Waals surface area contributed by atoms with Crippen LogP contribution in [0.3, 0.4) is 0 Å². The summed E-state index contributed by atoms with van der Waals surface area (Å²) < 4.78 is 0. The molecule has 1 atom stereocenters. The van der Waals surface area contributed by atoms with Crippen LogP contribution in [0.1, 0.15) is 18.0 Å². The Hall–Kier alpha value is -0.990. The van der Waals surface area contributed by atoms with Crippen molar-refractivity contribution in [3.63, 3.8) is 0 Å². The molecular formula is C12H13ClN2. The van der Waals surface area contributed by atoms with Gasteiger partial charge in [0.05, 0.1) is 0 Å². The fraction of sp³-hybridized carbons (Fsp3) is 0.333. The van der Waals surface area contributed by atoms with Crippen molar-refractivity contribution in [3.8, 4) is 0 Å². The van der Waals surface area contributed by atoms with Crippen molar-refractivity contribution in [2.24, 2.45) is 0 Å². The van der Waals surface area contributed by atoms with Gasteiger partial charge in [-0.15, -0.1) is 0 Å². The summed E-state index contributed by atoms with van der Waals surface area (Å²) in [5, 5.41) is 5.40. The van der Waals surface area contributed by atoms with Gasteiger partial charge in [-0.3, -0.25) is 0 Å². The van der Waals surface area contributed by atoms with Crippen molar-refractivity contribution >= 4 is 22.5 Å². The molecule has 2 nitrogen and oxygen atoms in total. The molecule has 0 radical (unpaired) electrons. The molecular weight excluding hydrogens is 208 g/mol. The van der Waals surface area contributed by atoms with Gasteiger partial charge in [-0.1, -0.05) is 11.6 Å². The second kappa shape index (κ2) is 3.54. The molecule has 1 aliphatic rings. The van der Waals surface area contributed by atoms with Gasteiger partial charge >= 0.3 is 0 Å². The Kier molecular flexibility index (Phi) is 2.19. The number of nitrogens with one attached hydrogen (secondary N) is 2. The number of rotatable bonds is 1. The van der Waals surface area contributed by atoms with Crippen LogP contribution in [-0.4, -0.2) is 18.1 Å². The minimum absolute atomic E-state index is 0.635. The molecule has 1 fully saturated rings. The SMILES string of the molecule is Clc1ccc2[nH]c([C@H]3CCNC3)cc2c1. The largest absolute Gasteiger partial charge is 0.358 e. The minimum atomic E-state index is 0.635. The first kappa shape index (κ1) is 9.25. The Bertz CT molecular complexity index is 483. The highest BCUT2D eigenvalue weighted by atomic mass is 35.5. The maximum Gasteiger partial charge on any atom is 0.0457 e. The van der Waals surface area contributed by atoms with Gasteiger partial charge < -0.3 is 10.3 Å². The molecule has 0 aliphatic carbocycles. The molecule has 0 saturated carbocycles. The first-order chi connectivity index (χ1) is 7.33. The first-order valence-corrected chi connectivity index (χ1v) is 5.69. The molecule has 3 rings (SSSR count). The highest BCUT2D eigenvalue weighted by Crippen LogP contribution is 2.27. The summed E-state index contributed by atoms with van der Waals surface area (Å²) in [4.78, 5) is 3.47. The summed E-state index contributed by atoms with van der Waals surface area (Å²) in [6, 6.07) is 8.21. The molecule has 1 aromatic heterocycles. The van der Waals surface area contributed by atoms with Crippen LogP contribution in [0.4, 0.5) is 0 Å². The Morgan fingerprint density at radius 2 is 2.20 bits per heavy atom. The van der Waals surface area contributed by atoms with Crippen LogP contribution in [0.2, 0.25) is 5.02 Å². The number of benzene rings is 1. The molecule has 3 heteroatoms. The monoisotopic (exact) mass is 220 g/mol. The van der Waals surface area contributed by atoms with E-state index < -0.39 is 0 Å². The predicted molar refractivity (Wildman–Crippen MR) is 63.5 cm³/mol. The van der Waals surface area contributed by atoms with Gasteiger partial charge in [-0.2, -0.15) is 0 Å². The molecule has 1 saturated heterocycles. The summed E-state index contributed by atoms with van der Waals surface area (Å²) in [5.41, 5.74) is 2.51. The fourth-order valence-corrected chi connectivity index (χ4v) is 2.45. The first-order valence-electron chi connectivity index (χ1n) is 5.32. The highest BCUT2D eigenvalue weighted by molar-refractivity contribution is 6.31. The summed E-state index contributed by atoms with van der Waals surface area (Å²) in [5.74, 6) is 0.635. The molecule has 2 N–H and O–H groups in total. The molecule has 15 heavy (non-hydrogen) atoms.